The fraction of sp³-hybridized carbons (Fsp3) is 0.556. The Hall–Kier alpha value is -2.28. The van der Waals surface area contributed by atoms with E-state index in [1.165, 1.54) is 10.9 Å². The lowest BCUT2D eigenvalue weighted by atomic mass is 9.92. The van der Waals surface area contributed by atoms with Crippen LogP contribution in [0, 0.1) is 5.92 Å². The lowest BCUT2D eigenvalue weighted by molar-refractivity contribution is 0.0757. The monoisotopic (exact) mass is 343 g/mol. The van der Waals surface area contributed by atoms with Gasteiger partial charge in [-0.15, -0.1) is 0 Å². The van der Waals surface area contributed by atoms with Crippen molar-refractivity contribution >= 4 is 0 Å². The Labute approximate surface area is 146 Å². The molecule has 1 aliphatic heterocycles. The maximum Gasteiger partial charge on any atom is 0.266 e. The van der Waals surface area contributed by atoms with Crippen LogP contribution in [0.25, 0.3) is 0 Å². The van der Waals surface area contributed by atoms with E-state index in [4.69, 9.17) is 0 Å². The van der Waals surface area contributed by atoms with Crippen molar-refractivity contribution in [1.29, 1.82) is 0 Å². The first-order valence-electron chi connectivity index (χ1n) is 8.54. The van der Waals surface area contributed by atoms with E-state index in [1.54, 1.807) is 24.0 Å². The van der Waals surface area contributed by atoms with Gasteiger partial charge in [-0.25, -0.2) is 9.67 Å². The van der Waals surface area contributed by atoms with Gasteiger partial charge in [0.05, 0.1) is 18.6 Å². The van der Waals surface area contributed by atoms with Crippen LogP contribution in [0.2, 0.25) is 0 Å². The van der Waals surface area contributed by atoms with Crippen LogP contribution >= 0.6 is 0 Å². The van der Waals surface area contributed by atoms with Crippen molar-refractivity contribution in [3.8, 4) is 0 Å². The number of nitrogens with zero attached hydrogens (tertiary/aromatic N) is 5. The molecular weight excluding hydrogens is 318 g/mol. The fourth-order valence-electron chi connectivity index (χ4n) is 3.05. The summed E-state index contributed by atoms with van der Waals surface area (Å²) in [5.74, 6) is 0.376. The Morgan fingerprint density at radius 1 is 1.20 bits per heavy atom. The van der Waals surface area contributed by atoms with Crippen molar-refractivity contribution < 1.29 is 0 Å². The molecule has 1 saturated heterocycles. The first-order chi connectivity index (χ1) is 11.7. The van der Waals surface area contributed by atoms with Crippen LogP contribution < -0.4 is 11.1 Å². The maximum absolute atomic E-state index is 12.1. The SMILES string of the molecule is Cn1cncc(CN2CC(Cn3nc(C(C)(C)C)ccc3=O)C2)c1=O. The van der Waals surface area contributed by atoms with Crippen LogP contribution in [0.1, 0.15) is 32.0 Å². The molecule has 0 amide bonds. The highest BCUT2D eigenvalue weighted by atomic mass is 16.1. The molecule has 1 fully saturated rings. The normalized spacial score (nSPS) is 16.0. The van der Waals surface area contributed by atoms with Crippen LogP contribution in [0.4, 0.5) is 0 Å². The van der Waals surface area contributed by atoms with Gasteiger partial charge in [-0.1, -0.05) is 20.8 Å². The standard InChI is InChI=1S/C18H25N5O2/c1-18(2,3)15-5-6-16(24)23(20-15)10-13-8-22(9-13)11-14-7-19-12-21(4)17(14)25/h5-7,12-13H,8-11H2,1-4H3. The zero-order chi connectivity index (χ0) is 18.2. The first-order valence-corrected chi connectivity index (χ1v) is 8.54. The second-order valence-electron chi connectivity index (χ2n) is 7.88. The third-order valence-corrected chi connectivity index (χ3v) is 4.56. The second kappa shape index (κ2) is 6.55. The van der Waals surface area contributed by atoms with Crippen molar-refractivity contribution in [1.82, 2.24) is 24.2 Å². The van der Waals surface area contributed by atoms with Gasteiger partial charge in [-0.3, -0.25) is 14.5 Å². The summed E-state index contributed by atoms with van der Waals surface area (Å²) in [7, 11) is 1.71. The van der Waals surface area contributed by atoms with Gasteiger partial charge in [-0.2, -0.15) is 5.10 Å². The first kappa shape index (κ1) is 17.5. The van der Waals surface area contributed by atoms with Crippen molar-refractivity contribution in [2.75, 3.05) is 13.1 Å². The summed E-state index contributed by atoms with van der Waals surface area (Å²) < 4.78 is 3.07. The average molecular weight is 343 g/mol. The smallest absolute Gasteiger partial charge is 0.266 e. The predicted molar refractivity (Wildman–Crippen MR) is 95.4 cm³/mol. The Morgan fingerprint density at radius 2 is 1.92 bits per heavy atom. The number of hydrogen-bond acceptors (Lipinski definition) is 5. The summed E-state index contributed by atoms with van der Waals surface area (Å²) in [6, 6.07) is 3.41. The topological polar surface area (TPSA) is 73.0 Å². The molecule has 2 aromatic rings. The van der Waals surface area contributed by atoms with E-state index in [2.05, 4.69) is 35.8 Å². The van der Waals surface area contributed by atoms with E-state index >= 15 is 0 Å². The molecule has 7 heteroatoms. The number of hydrogen-bond donors (Lipinski definition) is 0. The molecule has 7 nitrogen and oxygen atoms in total. The van der Waals surface area contributed by atoms with Gasteiger partial charge in [0.15, 0.2) is 0 Å². The second-order valence-corrected chi connectivity index (χ2v) is 7.88. The summed E-state index contributed by atoms with van der Waals surface area (Å²) >= 11 is 0. The molecule has 0 aromatic carbocycles. The fourth-order valence-corrected chi connectivity index (χ4v) is 3.05. The van der Waals surface area contributed by atoms with Gasteiger partial charge in [0.25, 0.3) is 11.1 Å². The molecule has 0 unspecified atom stereocenters. The molecule has 0 spiro atoms. The molecule has 25 heavy (non-hydrogen) atoms. The van der Waals surface area contributed by atoms with Gasteiger partial charge in [0.2, 0.25) is 0 Å². The van der Waals surface area contributed by atoms with Crippen molar-refractivity contribution in [3.05, 3.63) is 56.6 Å². The molecule has 3 rings (SSSR count). The molecule has 0 N–H and O–H groups in total. The Balaban J connectivity index is 1.62. The molecular formula is C18H25N5O2. The van der Waals surface area contributed by atoms with Crippen LogP contribution in [0.15, 0.2) is 34.2 Å². The van der Waals surface area contributed by atoms with Gasteiger partial charge < -0.3 is 4.57 Å². The van der Waals surface area contributed by atoms with Crippen molar-refractivity contribution in [2.45, 2.75) is 39.3 Å². The summed E-state index contributed by atoms with van der Waals surface area (Å²) in [4.78, 5) is 30.4. The third-order valence-electron chi connectivity index (χ3n) is 4.56. The van der Waals surface area contributed by atoms with Crippen LogP contribution in [-0.4, -0.2) is 37.3 Å². The van der Waals surface area contributed by atoms with Gasteiger partial charge in [0, 0.05) is 55.8 Å². The van der Waals surface area contributed by atoms with E-state index in [0.717, 1.165) is 18.8 Å². The molecule has 134 valence electrons. The number of aryl methyl sites for hydroxylation is 1. The van der Waals surface area contributed by atoms with Crippen molar-refractivity contribution in [2.24, 2.45) is 13.0 Å². The molecule has 0 aliphatic carbocycles. The highest BCUT2D eigenvalue weighted by molar-refractivity contribution is 5.11. The minimum atomic E-state index is -0.0819. The Morgan fingerprint density at radius 3 is 2.60 bits per heavy atom. The van der Waals surface area contributed by atoms with E-state index < -0.39 is 0 Å². The van der Waals surface area contributed by atoms with E-state index in [9.17, 15) is 9.59 Å². The molecule has 2 aromatic heterocycles. The average Bonchev–Trinajstić information content (AvgIpc) is 2.50. The van der Waals surface area contributed by atoms with Crippen LogP contribution in [-0.2, 0) is 25.6 Å². The quantitative estimate of drug-likeness (QED) is 0.820. The minimum Gasteiger partial charge on any atom is -0.302 e. The zero-order valence-electron chi connectivity index (χ0n) is 15.3. The summed E-state index contributed by atoms with van der Waals surface area (Å²) in [5.41, 5.74) is 1.47. The number of aromatic nitrogens is 4. The molecule has 1 aliphatic rings. The summed E-state index contributed by atoms with van der Waals surface area (Å²) in [5, 5.41) is 4.52. The highest BCUT2D eigenvalue weighted by Gasteiger charge is 2.28. The van der Waals surface area contributed by atoms with E-state index in [0.29, 0.717) is 24.6 Å². The lowest BCUT2D eigenvalue weighted by Gasteiger charge is -2.39. The number of rotatable bonds is 4. The highest BCUT2D eigenvalue weighted by Crippen LogP contribution is 2.20. The molecule has 0 saturated carbocycles. The Kier molecular flexibility index (Phi) is 4.60. The summed E-state index contributed by atoms with van der Waals surface area (Å²) in [6.07, 6.45) is 3.15. The van der Waals surface area contributed by atoms with E-state index in [-0.39, 0.29) is 16.5 Å². The molecule has 0 atom stereocenters. The summed E-state index contributed by atoms with van der Waals surface area (Å²) in [6.45, 7) is 9.18. The molecule has 3 heterocycles. The van der Waals surface area contributed by atoms with Crippen molar-refractivity contribution in [3.63, 3.8) is 0 Å². The number of likely N-dealkylation sites (tertiary alicyclic amines) is 1. The molecule has 0 radical (unpaired) electrons. The lowest BCUT2D eigenvalue weighted by Crippen LogP contribution is -2.49. The largest absolute Gasteiger partial charge is 0.302 e. The maximum atomic E-state index is 12.1. The minimum absolute atomic E-state index is 0.00536. The molecule has 0 bridgehead atoms. The van der Waals surface area contributed by atoms with Gasteiger partial charge in [0.1, 0.15) is 0 Å². The predicted octanol–water partition coefficient (Wildman–Crippen LogP) is 0.766. The van der Waals surface area contributed by atoms with E-state index in [1.807, 2.05) is 6.07 Å². The Bertz CT molecular complexity index is 872. The van der Waals surface area contributed by atoms with Crippen LogP contribution in [0.3, 0.4) is 0 Å². The van der Waals surface area contributed by atoms with Crippen LogP contribution in [0.5, 0.6) is 0 Å². The van der Waals surface area contributed by atoms with Gasteiger partial charge >= 0.3 is 0 Å². The van der Waals surface area contributed by atoms with Gasteiger partial charge in [-0.05, 0) is 6.07 Å². The third kappa shape index (κ3) is 3.87. The zero-order valence-corrected chi connectivity index (χ0v) is 15.3.